The molecule has 1 heterocycles. The Hall–Kier alpha value is -1.61. The van der Waals surface area contributed by atoms with Gasteiger partial charge in [-0.25, -0.2) is 0 Å². The van der Waals surface area contributed by atoms with Crippen molar-refractivity contribution in [1.29, 1.82) is 0 Å². The number of phenols is 1. The lowest BCUT2D eigenvalue weighted by atomic mass is 10.1. The van der Waals surface area contributed by atoms with Crippen LogP contribution in [0.15, 0.2) is 47.1 Å². The summed E-state index contributed by atoms with van der Waals surface area (Å²) in [5, 5.41) is 12.7. The van der Waals surface area contributed by atoms with Crippen molar-refractivity contribution < 1.29 is 5.11 Å². The SMILES string of the molecule is Oc1ccc(Br)c2ccc3cccnc3c12. The van der Waals surface area contributed by atoms with E-state index in [4.69, 9.17) is 0 Å². The van der Waals surface area contributed by atoms with Crippen LogP contribution in [0.3, 0.4) is 0 Å². The fraction of sp³-hybridized carbons (Fsp3) is 0. The predicted molar refractivity (Wildman–Crippen MR) is 68.6 cm³/mol. The average Bonchev–Trinajstić information content (AvgIpc) is 2.33. The van der Waals surface area contributed by atoms with Crippen LogP contribution in [0.1, 0.15) is 0 Å². The standard InChI is InChI=1S/C13H8BrNO/c14-10-5-6-11(16)12-9(10)4-3-8-2-1-7-15-13(8)12/h1-7,16H. The van der Waals surface area contributed by atoms with Gasteiger partial charge < -0.3 is 5.11 Å². The van der Waals surface area contributed by atoms with Crippen LogP contribution in [-0.4, -0.2) is 10.1 Å². The van der Waals surface area contributed by atoms with Crippen molar-refractivity contribution in [2.75, 3.05) is 0 Å². The highest BCUT2D eigenvalue weighted by Crippen LogP contribution is 2.35. The van der Waals surface area contributed by atoms with Gasteiger partial charge in [-0.1, -0.05) is 34.1 Å². The van der Waals surface area contributed by atoms with E-state index in [1.54, 1.807) is 12.3 Å². The highest BCUT2D eigenvalue weighted by Gasteiger charge is 2.08. The molecule has 0 spiro atoms. The number of phenolic OH excluding ortho intramolecular Hbond substituents is 1. The molecule has 78 valence electrons. The number of aromatic nitrogens is 1. The fourth-order valence-corrected chi connectivity index (χ4v) is 2.39. The Morgan fingerprint density at radius 2 is 1.94 bits per heavy atom. The number of nitrogens with zero attached hydrogens (tertiary/aromatic N) is 1. The molecule has 2 nitrogen and oxygen atoms in total. The van der Waals surface area contributed by atoms with Crippen LogP contribution in [0.5, 0.6) is 5.75 Å². The molecule has 0 fully saturated rings. The first-order valence-electron chi connectivity index (χ1n) is 4.92. The summed E-state index contributed by atoms with van der Waals surface area (Å²) in [6, 6.07) is 11.4. The van der Waals surface area contributed by atoms with Gasteiger partial charge in [0.25, 0.3) is 0 Å². The van der Waals surface area contributed by atoms with E-state index >= 15 is 0 Å². The van der Waals surface area contributed by atoms with Crippen LogP contribution in [0.2, 0.25) is 0 Å². The Kier molecular flexibility index (Phi) is 2.07. The Morgan fingerprint density at radius 3 is 2.81 bits per heavy atom. The molecule has 0 amide bonds. The lowest BCUT2D eigenvalue weighted by Gasteiger charge is -2.06. The van der Waals surface area contributed by atoms with E-state index in [1.807, 2.05) is 30.3 Å². The molecule has 3 rings (SSSR count). The maximum absolute atomic E-state index is 9.93. The molecule has 16 heavy (non-hydrogen) atoms. The highest BCUT2D eigenvalue weighted by molar-refractivity contribution is 9.10. The second-order valence-corrected chi connectivity index (χ2v) is 4.48. The molecule has 1 N–H and O–H groups in total. The van der Waals surface area contributed by atoms with Crippen molar-refractivity contribution in [3.8, 4) is 5.75 Å². The van der Waals surface area contributed by atoms with Gasteiger partial charge >= 0.3 is 0 Å². The van der Waals surface area contributed by atoms with Crippen LogP contribution in [0.25, 0.3) is 21.7 Å². The molecular formula is C13H8BrNO. The number of pyridine rings is 1. The minimum Gasteiger partial charge on any atom is -0.507 e. The molecule has 0 aliphatic heterocycles. The summed E-state index contributed by atoms with van der Waals surface area (Å²) >= 11 is 3.48. The summed E-state index contributed by atoms with van der Waals surface area (Å²) in [7, 11) is 0. The van der Waals surface area contributed by atoms with Gasteiger partial charge in [0.1, 0.15) is 5.75 Å². The molecule has 0 aliphatic rings. The summed E-state index contributed by atoms with van der Waals surface area (Å²) in [6.07, 6.45) is 1.74. The van der Waals surface area contributed by atoms with Gasteiger partial charge in [-0.3, -0.25) is 4.98 Å². The summed E-state index contributed by atoms with van der Waals surface area (Å²) in [6.45, 7) is 0. The number of aromatic hydroxyl groups is 1. The molecule has 1 aromatic heterocycles. The van der Waals surface area contributed by atoms with Crippen LogP contribution in [0.4, 0.5) is 0 Å². The summed E-state index contributed by atoms with van der Waals surface area (Å²) < 4.78 is 0.966. The number of hydrogen-bond acceptors (Lipinski definition) is 2. The summed E-state index contributed by atoms with van der Waals surface area (Å²) in [5.74, 6) is 0.266. The van der Waals surface area contributed by atoms with E-state index in [0.717, 1.165) is 26.1 Å². The molecule has 0 aliphatic carbocycles. The van der Waals surface area contributed by atoms with Gasteiger partial charge in [-0.2, -0.15) is 0 Å². The molecular weight excluding hydrogens is 266 g/mol. The van der Waals surface area contributed by atoms with Crippen LogP contribution in [-0.2, 0) is 0 Å². The average molecular weight is 274 g/mol. The maximum Gasteiger partial charge on any atom is 0.125 e. The van der Waals surface area contributed by atoms with E-state index in [0.29, 0.717) is 0 Å². The van der Waals surface area contributed by atoms with E-state index in [-0.39, 0.29) is 5.75 Å². The molecule has 0 saturated carbocycles. The van der Waals surface area contributed by atoms with Crippen molar-refractivity contribution in [1.82, 2.24) is 4.98 Å². The number of hydrogen-bond donors (Lipinski definition) is 1. The molecule has 0 bridgehead atoms. The highest BCUT2D eigenvalue weighted by atomic mass is 79.9. The van der Waals surface area contributed by atoms with Crippen LogP contribution in [0, 0.1) is 0 Å². The number of rotatable bonds is 0. The quantitative estimate of drug-likeness (QED) is 0.631. The van der Waals surface area contributed by atoms with Crippen molar-refractivity contribution >= 4 is 37.6 Å². The zero-order chi connectivity index (χ0) is 11.1. The smallest absolute Gasteiger partial charge is 0.125 e. The van der Waals surface area contributed by atoms with Gasteiger partial charge in [0.05, 0.1) is 10.9 Å². The first-order chi connectivity index (χ1) is 7.77. The van der Waals surface area contributed by atoms with Crippen molar-refractivity contribution in [3.63, 3.8) is 0 Å². The molecule has 2 aromatic carbocycles. The first kappa shape index (κ1) is 9.60. The van der Waals surface area contributed by atoms with Gasteiger partial charge in [0.15, 0.2) is 0 Å². The molecule has 3 aromatic rings. The normalized spacial score (nSPS) is 11.1. The predicted octanol–water partition coefficient (Wildman–Crippen LogP) is 3.86. The van der Waals surface area contributed by atoms with Crippen molar-refractivity contribution in [2.45, 2.75) is 0 Å². The molecule has 0 unspecified atom stereocenters. The summed E-state index contributed by atoms with van der Waals surface area (Å²) in [5.41, 5.74) is 0.832. The molecule has 0 saturated heterocycles. The second-order valence-electron chi connectivity index (χ2n) is 3.63. The van der Waals surface area contributed by atoms with Crippen LogP contribution >= 0.6 is 15.9 Å². The van der Waals surface area contributed by atoms with Crippen LogP contribution < -0.4 is 0 Å². The third kappa shape index (κ3) is 1.28. The number of fused-ring (bicyclic) bond motifs is 3. The fourth-order valence-electron chi connectivity index (χ4n) is 1.93. The largest absolute Gasteiger partial charge is 0.507 e. The van der Waals surface area contributed by atoms with Gasteiger partial charge in [-0.15, -0.1) is 0 Å². The number of benzene rings is 2. The van der Waals surface area contributed by atoms with E-state index in [1.165, 1.54) is 0 Å². The zero-order valence-corrected chi connectivity index (χ0v) is 9.90. The topological polar surface area (TPSA) is 33.1 Å². The lowest BCUT2D eigenvalue weighted by Crippen LogP contribution is -1.82. The Morgan fingerprint density at radius 1 is 1.06 bits per heavy atom. The number of halogens is 1. The first-order valence-corrected chi connectivity index (χ1v) is 5.71. The van der Waals surface area contributed by atoms with Gasteiger partial charge in [-0.05, 0) is 18.2 Å². The molecule has 3 heteroatoms. The Labute approximate surface area is 101 Å². The second kappa shape index (κ2) is 3.46. The molecule has 0 atom stereocenters. The van der Waals surface area contributed by atoms with Crippen molar-refractivity contribution in [3.05, 3.63) is 47.1 Å². The third-order valence-corrected chi connectivity index (χ3v) is 3.37. The lowest BCUT2D eigenvalue weighted by molar-refractivity contribution is 0.482. The van der Waals surface area contributed by atoms with Gasteiger partial charge in [0, 0.05) is 21.4 Å². The zero-order valence-electron chi connectivity index (χ0n) is 8.31. The van der Waals surface area contributed by atoms with E-state index < -0.39 is 0 Å². The van der Waals surface area contributed by atoms with Crippen molar-refractivity contribution in [2.24, 2.45) is 0 Å². The Balaban J connectivity index is 2.64. The van der Waals surface area contributed by atoms with Gasteiger partial charge in [0.2, 0.25) is 0 Å². The Bertz CT molecular complexity index is 694. The minimum atomic E-state index is 0.266. The third-order valence-electron chi connectivity index (χ3n) is 2.68. The van der Waals surface area contributed by atoms with E-state index in [2.05, 4.69) is 20.9 Å². The van der Waals surface area contributed by atoms with E-state index in [9.17, 15) is 5.11 Å². The maximum atomic E-state index is 9.93. The monoisotopic (exact) mass is 273 g/mol. The summed E-state index contributed by atoms with van der Waals surface area (Å²) in [4.78, 5) is 4.33. The minimum absolute atomic E-state index is 0.266. The molecule has 0 radical (unpaired) electrons.